The molecule has 4 nitrogen and oxygen atoms in total. The summed E-state index contributed by atoms with van der Waals surface area (Å²) in [6.45, 7) is 0. The molecular formula is C14H9F3N4S. The Morgan fingerprint density at radius 1 is 1.18 bits per heavy atom. The van der Waals surface area contributed by atoms with Gasteiger partial charge >= 0.3 is 6.18 Å². The van der Waals surface area contributed by atoms with E-state index in [0.29, 0.717) is 5.56 Å². The third-order valence-corrected chi connectivity index (χ3v) is 4.18. The Bertz CT molecular complexity index is 722. The van der Waals surface area contributed by atoms with Gasteiger partial charge < -0.3 is 5.73 Å². The number of rotatable bonds is 1. The van der Waals surface area contributed by atoms with Gasteiger partial charge in [-0.3, -0.25) is 5.41 Å². The van der Waals surface area contributed by atoms with Crippen molar-refractivity contribution in [3.63, 3.8) is 0 Å². The van der Waals surface area contributed by atoms with Crippen molar-refractivity contribution in [2.24, 2.45) is 11.7 Å². The fraction of sp³-hybridized carbons (Fsp3) is 0.214. The van der Waals surface area contributed by atoms with Crippen LogP contribution in [-0.4, -0.2) is 5.04 Å². The SMILES string of the molecule is N#CC1=C(N)SC(=N)[C@@H](C#N)[C@H]1c1ccc(C(F)(F)F)cc1. The van der Waals surface area contributed by atoms with Crippen LogP contribution in [0.3, 0.4) is 0 Å². The van der Waals surface area contributed by atoms with E-state index < -0.39 is 23.6 Å². The summed E-state index contributed by atoms with van der Waals surface area (Å²) in [5.41, 5.74) is 5.35. The number of hydrogen-bond acceptors (Lipinski definition) is 5. The second-order valence-electron chi connectivity index (χ2n) is 4.56. The maximum atomic E-state index is 12.6. The number of thioether (sulfide) groups is 1. The predicted molar refractivity (Wildman–Crippen MR) is 75.4 cm³/mol. The molecule has 0 amide bonds. The molecular weight excluding hydrogens is 313 g/mol. The first-order valence-corrected chi connectivity index (χ1v) is 6.84. The maximum absolute atomic E-state index is 12.6. The zero-order valence-electron chi connectivity index (χ0n) is 11.0. The van der Waals surface area contributed by atoms with Gasteiger partial charge in [-0.05, 0) is 17.7 Å². The Balaban J connectivity index is 2.52. The molecule has 0 spiro atoms. The van der Waals surface area contributed by atoms with Crippen LogP contribution in [0.1, 0.15) is 17.0 Å². The Morgan fingerprint density at radius 3 is 2.23 bits per heavy atom. The summed E-state index contributed by atoms with van der Waals surface area (Å²) in [7, 11) is 0. The molecule has 1 heterocycles. The minimum Gasteiger partial charge on any atom is -0.392 e. The van der Waals surface area contributed by atoms with Gasteiger partial charge in [-0.25, -0.2) is 0 Å². The van der Waals surface area contributed by atoms with Gasteiger partial charge in [0.2, 0.25) is 0 Å². The summed E-state index contributed by atoms with van der Waals surface area (Å²) < 4.78 is 37.8. The fourth-order valence-corrected chi connectivity index (χ4v) is 3.04. The lowest BCUT2D eigenvalue weighted by molar-refractivity contribution is -0.137. The third kappa shape index (κ3) is 2.78. The summed E-state index contributed by atoms with van der Waals surface area (Å²) in [6.07, 6.45) is -4.46. The van der Waals surface area contributed by atoms with E-state index in [9.17, 15) is 23.7 Å². The largest absolute Gasteiger partial charge is 0.416 e. The standard InChI is InChI=1S/C14H9F3N4S/c15-14(16,17)8-3-1-7(2-4-8)11-9(5-18)12(20)22-13(21)10(11)6-19/h1-4,9,11,20H,21H2/t9-,11+/m0/s1. The van der Waals surface area contributed by atoms with Gasteiger partial charge in [0.15, 0.2) is 0 Å². The van der Waals surface area contributed by atoms with Crippen molar-refractivity contribution in [1.29, 1.82) is 15.9 Å². The minimum atomic E-state index is -4.46. The second-order valence-corrected chi connectivity index (χ2v) is 5.64. The third-order valence-electron chi connectivity index (χ3n) is 3.27. The molecule has 0 unspecified atom stereocenters. The molecule has 0 fully saturated rings. The Hall–Kier alpha value is -2.45. The van der Waals surface area contributed by atoms with Crippen molar-refractivity contribution in [1.82, 2.24) is 0 Å². The van der Waals surface area contributed by atoms with Gasteiger partial charge in [0.1, 0.15) is 5.92 Å². The quantitative estimate of drug-likeness (QED) is 0.828. The molecule has 112 valence electrons. The number of alkyl halides is 3. The lowest BCUT2D eigenvalue weighted by Crippen LogP contribution is -2.26. The highest BCUT2D eigenvalue weighted by Crippen LogP contribution is 2.43. The van der Waals surface area contributed by atoms with Crippen molar-refractivity contribution < 1.29 is 13.2 Å². The van der Waals surface area contributed by atoms with Crippen LogP contribution in [-0.2, 0) is 6.18 Å². The smallest absolute Gasteiger partial charge is 0.392 e. The Morgan fingerprint density at radius 2 is 1.77 bits per heavy atom. The minimum absolute atomic E-state index is 0.0242. The molecule has 0 aliphatic carbocycles. The van der Waals surface area contributed by atoms with Gasteiger partial charge in [0, 0.05) is 5.92 Å². The number of allylic oxidation sites excluding steroid dienone is 1. The van der Waals surface area contributed by atoms with E-state index in [4.69, 9.17) is 11.1 Å². The average Bonchev–Trinajstić information content (AvgIpc) is 2.46. The first kappa shape index (κ1) is 15.9. The van der Waals surface area contributed by atoms with Gasteiger partial charge in [-0.2, -0.15) is 23.7 Å². The summed E-state index contributed by atoms with van der Waals surface area (Å²) in [5.74, 6) is -1.77. The lowest BCUT2D eigenvalue weighted by Gasteiger charge is -2.27. The summed E-state index contributed by atoms with van der Waals surface area (Å²) >= 11 is 0.828. The molecule has 1 aliphatic heterocycles. The number of nitriles is 2. The number of nitrogens with one attached hydrogen (secondary N) is 1. The van der Waals surface area contributed by atoms with Gasteiger partial charge in [0.05, 0.1) is 33.3 Å². The van der Waals surface area contributed by atoms with Crippen LogP contribution in [0.15, 0.2) is 34.9 Å². The summed E-state index contributed by atoms with van der Waals surface area (Å²) in [4.78, 5) is 0. The molecule has 1 aromatic rings. The van der Waals surface area contributed by atoms with E-state index in [1.54, 1.807) is 0 Å². The van der Waals surface area contributed by atoms with Gasteiger partial charge in [-0.1, -0.05) is 23.9 Å². The highest BCUT2D eigenvalue weighted by molar-refractivity contribution is 8.17. The van der Waals surface area contributed by atoms with E-state index in [1.807, 2.05) is 12.1 Å². The van der Waals surface area contributed by atoms with Crippen molar-refractivity contribution in [2.75, 3.05) is 0 Å². The van der Waals surface area contributed by atoms with E-state index in [2.05, 4.69) is 0 Å². The Labute approximate surface area is 128 Å². The zero-order valence-corrected chi connectivity index (χ0v) is 11.8. The molecule has 22 heavy (non-hydrogen) atoms. The summed E-state index contributed by atoms with van der Waals surface area (Å²) in [6, 6.07) is 8.03. The molecule has 0 aromatic heterocycles. The molecule has 0 bridgehead atoms. The lowest BCUT2D eigenvalue weighted by atomic mass is 9.81. The second kappa shape index (κ2) is 5.74. The number of benzene rings is 1. The van der Waals surface area contributed by atoms with Gasteiger partial charge in [-0.15, -0.1) is 0 Å². The van der Waals surface area contributed by atoms with Crippen LogP contribution in [0.25, 0.3) is 0 Å². The molecule has 8 heteroatoms. The normalized spacial score (nSPS) is 22.1. The van der Waals surface area contributed by atoms with E-state index in [0.717, 1.165) is 23.9 Å². The van der Waals surface area contributed by atoms with Crippen LogP contribution in [0.5, 0.6) is 0 Å². The monoisotopic (exact) mass is 322 g/mol. The van der Waals surface area contributed by atoms with Gasteiger partial charge in [0.25, 0.3) is 0 Å². The predicted octanol–water partition coefficient (Wildman–Crippen LogP) is 3.35. The maximum Gasteiger partial charge on any atom is 0.416 e. The first-order chi connectivity index (χ1) is 10.3. The molecule has 0 saturated carbocycles. The molecule has 1 aliphatic rings. The van der Waals surface area contributed by atoms with Crippen LogP contribution >= 0.6 is 11.8 Å². The fourth-order valence-electron chi connectivity index (χ4n) is 2.20. The number of halogens is 3. The molecule has 2 atom stereocenters. The molecule has 0 saturated heterocycles. The van der Waals surface area contributed by atoms with E-state index >= 15 is 0 Å². The van der Waals surface area contributed by atoms with Crippen LogP contribution in [0.4, 0.5) is 13.2 Å². The van der Waals surface area contributed by atoms with E-state index in [1.165, 1.54) is 12.1 Å². The van der Waals surface area contributed by atoms with Crippen molar-refractivity contribution in [2.45, 2.75) is 12.1 Å². The number of hydrogen-bond donors (Lipinski definition) is 2. The molecule has 0 radical (unpaired) electrons. The molecule has 1 aromatic carbocycles. The highest BCUT2D eigenvalue weighted by atomic mass is 32.2. The van der Waals surface area contributed by atoms with E-state index in [-0.39, 0.29) is 15.6 Å². The van der Waals surface area contributed by atoms with Crippen LogP contribution in [0.2, 0.25) is 0 Å². The summed E-state index contributed by atoms with van der Waals surface area (Å²) in [5, 5.41) is 26.3. The van der Waals surface area contributed by atoms with Crippen LogP contribution < -0.4 is 5.73 Å². The average molecular weight is 322 g/mol. The van der Waals surface area contributed by atoms with Crippen molar-refractivity contribution in [3.05, 3.63) is 46.0 Å². The topological polar surface area (TPSA) is 97.4 Å². The number of nitrogens with two attached hydrogens (primary N) is 1. The highest BCUT2D eigenvalue weighted by Gasteiger charge is 2.37. The van der Waals surface area contributed by atoms with Crippen molar-refractivity contribution >= 4 is 16.8 Å². The Kier molecular flexibility index (Phi) is 4.16. The van der Waals surface area contributed by atoms with Crippen LogP contribution in [0, 0.1) is 34.0 Å². The first-order valence-electron chi connectivity index (χ1n) is 6.02. The van der Waals surface area contributed by atoms with Crippen molar-refractivity contribution in [3.8, 4) is 12.1 Å². The molecule has 3 N–H and O–H groups in total. The molecule has 2 rings (SSSR count). The number of nitrogens with zero attached hydrogens (tertiary/aromatic N) is 2. The zero-order chi connectivity index (χ0) is 16.5.